The van der Waals surface area contributed by atoms with Crippen molar-refractivity contribution in [3.05, 3.63) is 0 Å². The topological polar surface area (TPSA) is 29.4 Å². The average Bonchev–Trinajstić information content (AvgIpc) is 2.17. The molecule has 0 spiro atoms. The molecule has 0 N–H and O–H groups in total. The van der Waals surface area contributed by atoms with E-state index in [0.29, 0.717) is 5.75 Å². The Labute approximate surface area is 58.7 Å². The smallest absolute Gasteiger partial charge is 0.256 e. The first-order valence-electron chi connectivity index (χ1n) is 3.06. The van der Waals surface area contributed by atoms with E-state index in [4.69, 9.17) is 0 Å². The Hall–Kier alpha value is -0.310. The van der Waals surface area contributed by atoms with Crippen LogP contribution in [0.3, 0.4) is 0 Å². The fourth-order valence-electron chi connectivity index (χ4n) is 0.691. The molecule has 1 aliphatic rings. The van der Waals surface area contributed by atoms with Gasteiger partial charge in [-0.15, -0.1) is 11.8 Å². The predicted octanol–water partition coefficient (Wildman–Crippen LogP) is 1.46. The first-order valence-corrected chi connectivity index (χ1v) is 4.04. The van der Waals surface area contributed by atoms with Gasteiger partial charge >= 0.3 is 0 Å². The van der Waals surface area contributed by atoms with Crippen LogP contribution in [0.4, 0.5) is 0 Å². The van der Waals surface area contributed by atoms with Crippen molar-refractivity contribution in [3.63, 3.8) is 0 Å². The third-order valence-electron chi connectivity index (χ3n) is 1.08. The molecule has 0 aromatic rings. The number of hydrogen-bond acceptors (Lipinski definition) is 2. The summed E-state index contributed by atoms with van der Waals surface area (Å²) in [5, 5.41) is 1.02. The number of rotatable bonds is 2. The minimum Gasteiger partial charge on any atom is -0.272 e. The molecule has 1 aliphatic heterocycles. The van der Waals surface area contributed by atoms with Crippen molar-refractivity contribution < 1.29 is 4.79 Å². The molecule has 0 fully saturated rings. The van der Waals surface area contributed by atoms with Gasteiger partial charge in [0.05, 0.1) is 10.8 Å². The zero-order valence-electron chi connectivity index (χ0n) is 5.39. The fourth-order valence-corrected chi connectivity index (χ4v) is 1.56. The van der Waals surface area contributed by atoms with Crippen LogP contribution in [0, 0.1) is 0 Å². The van der Waals surface area contributed by atoms with Gasteiger partial charge < -0.3 is 0 Å². The van der Waals surface area contributed by atoms with E-state index in [2.05, 4.69) is 11.9 Å². The molecule has 1 rings (SSSR count). The van der Waals surface area contributed by atoms with Gasteiger partial charge in [0.15, 0.2) is 0 Å². The van der Waals surface area contributed by atoms with Crippen molar-refractivity contribution in [1.29, 1.82) is 0 Å². The van der Waals surface area contributed by atoms with Crippen LogP contribution < -0.4 is 0 Å². The van der Waals surface area contributed by atoms with Crippen LogP contribution in [-0.2, 0) is 4.79 Å². The lowest BCUT2D eigenvalue weighted by Gasteiger charge is -1.89. The zero-order valence-corrected chi connectivity index (χ0v) is 6.20. The van der Waals surface area contributed by atoms with E-state index in [0.717, 1.165) is 17.9 Å². The van der Waals surface area contributed by atoms with Gasteiger partial charge in [-0.05, 0) is 6.42 Å². The molecule has 0 aromatic heterocycles. The molecule has 0 unspecified atom stereocenters. The molecule has 1 amide bonds. The summed E-state index contributed by atoms with van der Waals surface area (Å²) in [6.45, 7) is 2.09. The molecule has 0 atom stereocenters. The van der Waals surface area contributed by atoms with Crippen LogP contribution in [0.1, 0.15) is 19.8 Å². The number of amides is 1. The number of carbonyl (C=O) groups is 1. The monoisotopic (exact) mass is 143 g/mol. The van der Waals surface area contributed by atoms with E-state index in [1.807, 2.05) is 0 Å². The number of carbonyl (C=O) groups excluding carboxylic acids is 1. The summed E-state index contributed by atoms with van der Waals surface area (Å²) in [5.41, 5.74) is 0. The Balaban J connectivity index is 2.42. The van der Waals surface area contributed by atoms with Gasteiger partial charge in [0.25, 0.3) is 5.91 Å². The Morgan fingerprint density at radius 1 is 1.78 bits per heavy atom. The third kappa shape index (κ3) is 1.82. The molecule has 50 valence electrons. The minimum absolute atomic E-state index is 0.0310. The number of thioether (sulfide) groups is 1. The first-order chi connectivity index (χ1) is 4.33. The largest absolute Gasteiger partial charge is 0.272 e. The van der Waals surface area contributed by atoms with Gasteiger partial charge in [0, 0.05) is 0 Å². The van der Waals surface area contributed by atoms with E-state index >= 15 is 0 Å². The standard InChI is InChI=1S/C6H9NOS/c1-2-3-6-7-5(8)4-9-6/h2-4H2,1H3. The molecule has 2 nitrogen and oxygen atoms in total. The fraction of sp³-hybridized carbons (Fsp3) is 0.667. The molecule has 0 radical (unpaired) electrons. The van der Waals surface area contributed by atoms with Crippen molar-refractivity contribution in [3.8, 4) is 0 Å². The summed E-state index contributed by atoms with van der Waals surface area (Å²) < 4.78 is 0. The molecule has 0 bridgehead atoms. The maximum Gasteiger partial charge on any atom is 0.256 e. The highest BCUT2D eigenvalue weighted by Crippen LogP contribution is 2.16. The summed E-state index contributed by atoms with van der Waals surface area (Å²) in [4.78, 5) is 14.3. The van der Waals surface area contributed by atoms with Crippen LogP contribution >= 0.6 is 11.8 Å². The van der Waals surface area contributed by atoms with Crippen molar-refractivity contribution >= 4 is 22.7 Å². The summed E-state index contributed by atoms with van der Waals surface area (Å²) >= 11 is 1.58. The molecule has 3 heteroatoms. The Morgan fingerprint density at radius 3 is 3.00 bits per heavy atom. The highest BCUT2D eigenvalue weighted by Gasteiger charge is 2.12. The van der Waals surface area contributed by atoms with E-state index in [9.17, 15) is 4.79 Å². The molecular formula is C6H9NOS. The van der Waals surface area contributed by atoms with E-state index in [-0.39, 0.29) is 5.91 Å². The lowest BCUT2D eigenvalue weighted by Crippen LogP contribution is -1.86. The predicted molar refractivity (Wildman–Crippen MR) is 39.8 cm³/mol. The van der Waals surface area contributed by atoms with Gasteiger partial charge in [0.2, 0.25) is 0 Å². The maximum atomic E-state index is 10.5. The van der Waals surface area contributed by atoms with Crippen LogP contribution in [-0.4, -0.2) is 16.7 Å². The normalized spacial score (nSPS) is 18.3. The second kappa shape index (κ2) is 3.01. The molecule has 0 aromatic carbocycles. The number of aliphatic imine (C=N–C) groups is 1. The van der Waals surface area contributed by atoms with Crippen LogP contribution in [0.5, 0.6) is 0 Å². The Kier molecular flexibility index (Phi) is 2.28. The molecule has 0 aliphatic carbocycles. The van der Waals surface area contributed by atoms with Crippen LogP contribution in [0.15, 0.2) is 4.99 Å². The molecule has 0 saturated carbocycles. The Morgan fingerprint density at radius 2 is 2.56 bits per heavy atom. The SMILES string of the molecule is CCCC1=NC(=O)CS1. The van der Waals surface area contributed by atoms with E-state index in [1.54, 1.807) is 11.8 Å². The highest BCUT2D eigenvalue weighted by molar-refractivity contribution is 8.15. The minimum atomic E-state index is 0.0310. The lowest BCUT2D eigenvalue weighted by molar-refractivity contribution is -0.115. The average molecular weight is 143 g/mol. The summed E-state index contributed by atoms with van der Waals surface area (Å²) in [7, 11) is 0. The Bertz CT molecular complexity index is 153. The van der Waals surface area contributed by atoms with Gasteiger partial charge in [-0.2, -0.15) is 0 Å². The number of nitrogens with zero attached hydrogens (tertiary/aromatic N) is 1. The third-order valence-corrected chi connectivity index (χ3v) is 2.10. The van der Waals surface area contributed by atoms with Crippen molar-refractivity contribution in [2.24, 2.45) is 4.99 Å². The molecular weight excluding hydrogens is 134 g/mol. The lowest BCUT2D eigenvalue weighted by atomic mass is 10.4. The van der Waals surface area contributed by atoms with Crippen molar-refractivity contribution in [1.82, 2.24) is 0 Å². The summed E-state index contributed by atoms with van der Waals surface area (Å²) in [6, 6.07) is 0. The molecule has 0 saturated heterocycles. The highest BCUT2D eigenvalue weighted by atomic mass is 32.2. The molecule has 1 heterocycles. The van der Waals surface area contributed by atoms with E-state index in [1.165, 1.54) is 0 Å². The maximum absolute atomic E-state index is 10.5. The van der Waals surface area contributed by atoms with E-state index < -0.39 is 0 Å². The summed E-state index contributed by atoms with van der Waals surface area (Å²) in [5.74, 6) is 0.596. The number of hydrogen-bond donors (Lipinski definition) is 0. The van der Waals surface area contributed by atoms with Crippen molar-refractivity contribution in [2.75, 3.05) is 5.75 Å². The van der Waals surface area contributed by atoms with Crippen LogP contribution in [0.25, 0.3) is 0 Å². The zero-order chi connectivity index (χ0) is 6.69. The van der Waals surface area contributed by atoms with Gasteiger partial charge in [0.1, 0.15) is 0 Å². The van der Waals surface area contributed by atoms with Crippen molar-refractivity contribution in [2.45, 2.75) is 19.8 Å². The van der Waals surface area contributed by atoms with Gasteiger partial charge in [-0.25, -0.2) is 4.99 Å². The van der Waals surface area contributed by atoms with Gasteiger partial charge in [-0.3, -0.25) is 4.79 Å². The first kappa shape index (κ1) is 6.81. The summed E-state index contributed by atoms with van der Waals surface area (Å²) in [6.07, 6.45) is 2.05. The van der Waals surface area contributed by atoms with Gasteiger partial charge in [-0.1, -0.05) is 13.3 Å². The van der Waals surface area contributed by atoms with Crippen LogP contribution in [0.2, 0.25) is 0 Å². The molecule has 9 heavy (non-hydrogen) atoms. The quantitative estimate of drug-likeness (QED) is 0.585. The second-order valence-electron chi connectivity index (χ2n) is 1.94. The second-order valence-corrected chi connectivity index (χ2v) is 2.99.